The third-order valence-corrected chi connectivity index (χ3v) is 4.56. The molecule has 0 spiro atoms. The predicted octanol–water partition coefficient (Wildman–Crippen LogP) is 5.60. The third kappa shape index (κ3) is 3.47. The Hall–Kier alpha value is -3.02. The lowest BCUT2D eigenvalue weighted by Crippen LogP contribution is -2.14. The fourth-order valence-electron chi connectivity index (χ4n) is 2.71. The molecule has 1 aliphatic heterocycles. The molecule has 0 aliphatic carbocycles. The lowest BCUT2D eigenvalue weighted by atomic mass is 10.1. The number of fused-ring (bicyclic) bond motifs is 2. The lowest BCUT2D eigenvalue weighted by Gasteiger charge is -2.10. The highest BCUT2D eigenvalue weighted by Crippen LogP contribution is 2.36. The molecule has 0 atom stereocenters. The number of hydrogen-bond acceptors (Lipinski definition) is 3. The molecule has 1 aliphatic rings. The number of halogens is 2. The molecule has 0 aromatic heterocycles. The van der Waals surface area contributed by atoms with Crippen LogP contribution in [0.3, 0.4) is 0 Å². The zero-order valence-corrected chi connectivity index (χ0v) is 15.3. The molecule has 134 valence electrons. The largest absolute Gasteiger partial charge is 0.454 e. The zero-order valence-electron chi connectivity index (χ0n) is 13.8. The van der Waals surface area contributed by atoms with Crippen molar-refractivity contribution in [3.63, 3.8) is 0 Å². The van der Waals surface area contributed by atoms with Crippen LogP contribution in [0, 0.1) is 0 Å². The molecule has 3 aromatic rings. The van der Waals surface area contributed by atoms with Crippen LogP contribution in [0.2, 0.25) is 10.0 Å². The molecular formula is C20H12Cl2N2O3. The maximum atomic E-state index is 12.5. The van der Waals surface area contributed by atoms with Gasteiger partial charge in [0.1, 0.15) is 5.75 Å². The molecule has 0 saturated carbocycles. The maximum Gasteiger partial charge on any atom is 0.259 e. The van der Waals surface area contributed by atoms with E-state index in [0.717, 1.165) is 0 Å². The maximum absolute atomic E-state index is 12.5. The molecule has 5 nitrogen and oxygen atoms in total. The molecule has 2 amide bonds. The summed E-state index contributed by atoms with van der Waals surface area (Å²) in [5, 5.41) is 6.20. The van der Waals surface area contributed by atoms with Crippen molar-refractivity contribution in [1.29, 1.82) is 0 Å². The van der Waals surface area contributed by atoms with E-state index in [1.807, 2.05) is 6.07 Å². The van der Waals surface area contributed by atoms with Crippen LogP contribution in [-0.4, -0.2) is 11.8 Å². The molecule has 3 aromatic carbocycles. The first-order chi connectivity index (χ1) is 13.0. The number of carbonyl (C=O) groups is 2. The standard InChI is InChI=1S/C20H12Cl2N2O3/c21-11-5-7-13(15(22)9-11)19(25)23-12-6-8-17-14(10-12)20(26)24-16-3-1-2-4-18(16)27-17/h1-10H,(H,23,25)(H,24,26). The van der Waals surface area contributed by atoms with Crippen LogP contribution in [0.1, 0.15) is 20.7 Å². The summed E-state index contributed by atoms with van der Waals surface area (Å²) in [6.45, 7) is 0. The van der Waals surface area contributed by atoms with Gasteiger partial charge >= 0.3 is 0 Å². The second-order valence-corrected chi connectivity index (χ2v) is 6.69. The van der Waals surface area contributed by atoms with Gasteiger partial charge in [-0.3, -0.25) is 9.59 Å². The van der Waals surface area contributed by atoms with E-state index in [2.05, 4.69) is 10.6 Å². The molecule has 0 saturated heterocycles. The third-order valence-electron chi connectivity index (χ3n) is 4.01. The first-order valence-corrected chi connectivity index (χ1v) is 8.75. The van der Waals surface area contributed by atoms with E-state index in [1.165, 1.54) is 12.1 Å². The van der Waals surface area contributed by atoms with Gasteiger partial charge in [-0.05, 0) is 48.5 Å². The molecule has 0 bridgehead atoms. The molecular weight excluding hydrogens is 387 g/mol. The van der Waals surface area contributed by atoms with E-state index < -0.39 is 5.91 Å². The van der Waals surface area contributed by atoms with Crippen molar-refractivity contribution in [1.82, 2.24) is 0 Å². The van der Waals surface area contributed by atoms with Crippen molar-refractivity contribution in [2.45, 2.75) is 0 Å². The van der Waals surface area contributed by atoms with Crippen molar-refractivity contribution < 1.29 is 14.3 Å². The van der Waals surface area contributed by atoms with Crippen molar-refractivity contribution >= 4 is 46.4 Å². The number of nitrogens with one attached hydrogen (secondary N) is 2. The Bertz CT molecular complexity index is 1080. The van der Waals surface area contributed by atoms with E-state index in [0.29, 0.717) is 33.5 Å². The molecule has 2 N–H and O–H groups in total. The highest BCUT2D eigenvalue weighted by atomic mass is 35.5. The van der Waals surface area contributed by atoms with Gasteiger partial charge in [-0.2, -0.15) is 0 Å². The van der Waals surface area contributed by atoms with E-state index >= 15 is 0 Å². The first-order valence-electron chi connectivity index (χ1n) is 8.00. The van der Waals surface area contributed by atoms with Crippen LogP contribution in [-0.2, 0) is 0 Å². The van der Waals surface area contributed by atoms with E-state index in [9.17, 15) is 9.59 Å². The second-order valence-electron chi connectivity index (χ2n) is 5.84. The zero-order chi connectivity index (χ0) is 19.0. The number of rotatable bonds is 2. The van der Waals surface area contributed by atoms with Crippen molar-refractivity contribution in [2.24, 2.45) is 0 Å². The van der Waals surface area contributed by atoms with E-state index in [1.54, 1.807) is 42.5 Å². The van der Waals surface area contributed by atoms with E-state index in [4.69, 9.17) is 27.9 Å². The minimum Gasteiger partial charge on any atom is -0.454 e. The van der Waals surface area contributed by atoms with Crippen molar-refractivity contribution in [2.75, 3.05) is 10.6 Å². The summed E-state index contributed by atoms with van der Waals surface area (Å²) in [4.78, 5) is 25.0. The van der Waals surface area contributed by atoms with Gasteiger partial charge in [-0.25, -0.2) is 0 Å². The molecule has 0 radical (unpaired) electrons. The Kier molecular flexibility index (Phi) is 4.48. The molecule has 0 unspecified atom stereocenters. The number of anilines is 2. The first kappa shape index (κ1) is 17.4. The fourth-order valence-corrected chi connectivity index (χ4v) is 3.21. The number of amides is 2. The Morgan fingerprint density at radius 1 is 0.963 bits per heavy atom. The summed E-state index contributed by atoms with van der Waals surface area (Å²) in [5.74, 6) is 0.222. The van der Waals surface area contributed by atoms with Gasteiger partial charge < -0.3 is 15.4 Å². The average Bonchev–Trinajstić information content (AvgIpc) is 2.77. The summed E-state index contributed by atoms with van der Waals surface area (Å²) < 4.78 is 5.82. The summed E-state index contributed by atoms with van der Waals surface area (Å²) in [6, 6.07) is 16.6. The lowest BCUT2D eigenvalue weighted by molar-refractivity contribution is 0.101. The van der Waals surface area contributed by atoms with Gasteiger partial charge in [-0.15, -0.1) is 0 Å². The number of carbonyl (C=O) groups excluding carboxylic acids is 2. The highest BCUT2D eigenvalue weighted by molar-refractivity contribution is 6.37. The van der Waals surface area contributed by atoms with Crippen LogP contribution in [0.5, 0.6) is 11.5 Å². The Balaban J connectivity index is 1.63. The molecule has 1 heterocycles. The van der Waals surface area contributed by atoms with Gasteiger partial charge in [0.05, 0.1) is 21.8 Å². The van der Waals surface area contributed by atoms with Crippen molar-refractivity contribution in [3.8, 4) is 11.5 Å². The molecule has 7 heteroatoms. The monoisotopic (exact) mass is 398 g/mol. The van der Waals surface area contributed by atoms with Gasteiger partial charge in [0.15, 0.2) is 5.75 Å². The predicted molar refractivity (Wildman–Crippen MR) is 105 cm³/mol. The summed E-state index contributed by atoms with van der Waals surface area (Å²) in [7, 11) is 0. The second kappa shape index (κ2) is 6.95. The normalized spacial score (nSPS) is 12.1. The summed E-state index contributed by atoms with van der Waals surface area (Å²) in [5.41, 5.74) is 1.61. The quantitative estimate of drug-likeness (QED) is 0.589. The highest BCUT2D eigenvalue weighted by Gasteiger charge is 2.21. The SMILES string of the molecule is O=C(Nc1ccc2c(c1)C(=O)Nc1ccccc1O2)c1ccc(Cl)cc1Cl. The summed E-state index contributed by atoms with van der Waals surface area (Å²) in [6.07, 6.45) is 0. The van der Waals surface area contributed by atoms with Crippen LogP contribution in [0.25, 0.3) is 0 Å². The minimum atomic E-state index is -0.408. The van der Waals surface area contributed by atoms with Gasteiger partial charge in [0.25, 0.3) is 11.8 Å². The topological polar surface area (TPSA) is 67.4 Å². The van der Waals surface area contributed by atoms with Crippen LogP contribution in [0.15, 0.2) is 60.7 Å². The van der Waals surface area contributed by atoms with Gasteiger partial charge in [0, 0.05) is 10.7 Å². The Morgan fingerprint density at radius 2 is 1.78 bits per heavy atom. The molecule has 4 rings (SSSR count). The van der Waals surface area contributed by atoms with E-state index in [-0.39, 0.29) is 16.5 Å². The minimum absolute atomic E-state index is 0.242. The van der Waals surface area contributed by atoms with Crippen LogP contribution >= 0.6 is 23.2 Å². The Labute approximate surface area is 164 Å². The number of benzene rings is 3. The van der Waals surface area contributed by atoms with Crippen molar-refractivity contribution in [3.05, 3.63) is 81.8 Å². The fraction of sp³-hybridized carbons (Fsp3) is 0. The smallest absolute Gasteiger partial charge is 0.259 e. The molecule has 27 heavy (non-hydrogen) atoms. The van der Waals surface area contributed by atoms with Crippen LogP contribution < -0.4 is 15.4 Å². The molecule has 0 fully saturated rings. The Morgan fingerprint density at radius 3 is 2.59 bits per heavy atom. The van der Waals surface area contributed by atoms with Gasteiger partial charge in [-0.1, -0.05) is 35.3 Å². The average molecular weight is 399 g/mol. The number of hydrogen-bond donors (Lipinski definition) is 2. The number of para-hydroxylation sites is 2. The summed E-state index contributed by atoms with van der Waals surface area (Å²) >= 11 is 11.9. The van der Waals surface area contributed by atoms with Crippen LogP contribution in [0.4, 0.5) is 11.4 Å². The number of ether oxygens (including phenoxy) is 1. The van der Waals surface area contributed by atoms with Gasteiger partial charge in [0.2, 0.25) is 0 Å².